The van der Waals surface area contributed by atoms with Gasteiger partial charge in [0, 0.05) is 20.1 Å². The predicted molar refractivity (Wildman–Crippen MR) is 93.2 cm³/mol. The lowest BCUT2D eigenvalue weighted by Gasteiger charge is -2.17. The van der Waals surface area contributed by atoms with Gasteiger partial charge in [-0.2, -0.15) is 18.3 Å². The molecule has 0 atom stereocenters. The zero-order valence-corrected chi connectivity index (χ0v) is 14.7. The van der Waals surface area contributed by atoms with Gasteiger partial charge < -0.3 is 10.2 Å². The molecule has 0 radical (unpaired) electrons. The molecule has 1 N–H and O–H groups in total. The number of alkyl halides is 3. The van der Waals surface area contributed by atoms with E-state index in [4.69, 9.17) is 0 Å². The van der Waals surface area contributed by atoms with Gasteiger partial charge in [-0.05, 0) is 31.4 Å². The Balaban J connectivity index is 1.82. The second-order valence-electron chi connectivity index (χ2n) is 6.48. The maximum atomic E-state index is 13.1. The van der Waals surface area contributed by atoms with Crippen LogP contribution in [-0.2, 0) is 24.4 Å². The summed E-state index contributed by atoms with van der Waals surface area (Å²) in [5.74, 6) is 0.193. The Hall–Kier alpha value is -2.51. The minimum atomic E-state index is -4.48. The third-order valence-electron chi connectivity index (χ3n) is 4.66. The number of nitrogens with one attached hydrogen (secondary N) is 1. The quantitative estimate of drug-likeness (QED) is 0.901. The van der Waals surface area contributed by atoms with Gasteiger partial charge in [0.05, 0.1) is 17.7 Å². The van der Waals surface area contributed by atoms with Crippen molar-refractivity contribution in [3.8, 4) is 0 Å². The van der Waals surface area contributed by atoms with Crippen molar-refractivity contribution < 1.29 is 18.0 Å². The summed E-state index contributed by atoms with van der Waals surface area (Å²) in [6.07, 6.45) is -2.71. The maximum Gasteiger partial charge on any atom is 0.416 e. The molecule has 140 valence electrons. The largest absolute Gasteiger partial charge is 0.416 e. The number of aryl methyl sites for hydroxylation is 1. The Kier molecular flexibility index (Phi) is 4.93. The second kappa shape index (κ2) is 7.01. The molecule has 1 aromatic carbocycles. The highest BCUT2D eigenvalue weighted by Gasteiger charge is 2.33. The average Bonchev–Trinajstić information content (AvgIpc) is 3.18. The Morgan fingerprint density at radius 1 is 1.23 bits per heavy atom. The summed E-state index contributed by atoms with van der Waals surface area (Å²) in [6, 6.07) is 5.15. The lowest BCUT2D eigenvalue weighted by atomic mass is 10.0. The summed E-state index contributed by atoms with van der Waals surface area (Å²) in [6.45, 7) is 3.54. The predicted octanol–water partition coefficient (Wildman–Crippen LogP) is 3.53. The van der Waals surface area contributed by atoms with Crippen LogP contribution in [0.1, 0.15) is 29.7 Å². The highest BCUT2D eigenvalue weighted by molar-refractivity contribution is 5.96. The van der Waals surface area contributed by atoms with Crippen LogP contribution in [0.25, 0.3) is 0 Å². The van der Waals surface area contributed by atoms with Crippen molar-refractivity contribution in [2.24, 2.45) is 7.05 Å². The number of hydrogen-bond acceptors (Lipinski definition) is 3. The van der Waals surface area contributed by atoms with E-state index in [9.17, 15) is 18.0 Å². The number of carbonyl (C=O) groups excluding carboxylic acids is 1. The molecule has 1 aromatic heterocycles. The molecule has 1 aliphatic heterocycles. The number of aromatic nitrogens is 2. The van der Waals surface area contributed by atoms with E-state index < -0.39 is 17.6 Å². The third kappa shape index (κ3) is 3.68. The van der Waals surface area contributed by atoms with Crippen LogP contribution in [0.2, 0.25) is 0 Å². The Morgan fingerprint density at radius 2 is 1.88 bits per heavy atom. The van der Waals surface area contributed by atoms with Gasteiger partial charge in [0.25, 0.3) is 0 Å². The first-order valence-corrected chi connectivity index (χ1v) is 8.51. The van der Waals surface area contributed by atoms with Crippen LogP contribution in [0.4, 0.5) is 24.7 Å². The monoisotopic (exact) mass is 366 g/mol. The van der Waals surface area contributed by atoms with Gasteiger partial charge in [-0.3, -0.25) is 9.48 Å². The fourth-order valence-electron chi connectivity index (χ4n) is 3.19. The third-order valence-corrected chi connectivity index (χ3v) is 4.66. The molecule has 0 saturated carbocycles. The molecule has 1 fully saturated rings. The summed E-state index contributed by atoms with van der Waals surface area (Å²) in [4.78, 5) is 14.5. The van der Waals surface area contributed by atoms with E-state index in [1.807, 2.05) is 6.92 Å². The number of hydrogen-bond donors (Lipinski definition) is 1. The molecule has 2 heterocycles. The topological polar surface area (TPSA) is 50.2 Å². The number of halogens is 3. The number of rotatable bonds is 4. The zero-order chi connectivity index (χ0) is 18.9. The van der Waals surface area contributed by atoms with Crippen molar-refractivity contribution in [3.05, 3.63) is 41.1 Å². The highest BCUT2D eigenvalue weighted by Crippen LogP contribution is 2.33. The van der Waals surface area contributed by atoms with Crippen LogP contribution in [0, 0.1) is 6.92 Å². The van der Waals surface area contributed by atoms with Gasteiger partial charge in [0.1, 0.15) is 5.69 Å². The fraction of sp³-hybridized carbons (Fsp3) is 0.444. The van der Waals surface area contributed by atoms with Gasteiger partial charge in [0.2, 0.25) is 5.91 Å². The van der Waals surface area contributed by atoms with Crippen LogP contribution in [0.5, 0.6) is 0 Å². The summed E-state index contributed by atoms with van der Waals surface area (Å²) in [7, 11) is 1.78. The minimum absolute atomic E-state index is 0.0400. The number of carbonyl (C=O) groups is 1. The molecule has 2 aromatic rings. The molecular weight excluding hydrogens is 345 g/mol. The van der Waals surface area contributed by atoms with Crippen LogP contribution in [-0.4, -0.2) is 28.8 Å². The minimum Gasteiger partial charge on any atom is -0.353 e. The zero-order valence-electron chi connectivity index (χ0n) is 14.7. The molecule has 3 rings (SSSR count). The van der Waals surface area contributed by atoms with E-state index >= 15 is 0 Å². The first kappa shape index (κ1) is 18.3. The maximum absolute atomic E-state index is 13.1. The summed E-state index contributed by atoms with van der Waals surface area (Å²) < 4.78 is 41.0. The van der Waals surface area contributed by atoms with Crippen molar-refractivity contribution in [2.75, 3.05) is 23.3 Å². The van der Waals surface area contributed by atoms with Crippen molar-refractivity contribution in [1.29, 1.82) is 0 Å². The smallest absolute Gasteiger partial charge is 0.353 e. The van der Waals surface area contributed by atoms with E-state index in [0.717, 1.165) is 37.7 Å². The first-order valence-electron chi connectivity index (χ1n) is 8.51. The molecule has 26 heavy (non-hydrogen) atoms. The van der Waals surface area contributed by atoms with Crippen molar-refractivity contribution in [2.45, 2.75) is 32.4 Å². The lowest BCUT2D eigenvalue weighted by Crippen LogP contribution is -2.22. The number of nitrogens with zero attached hydrogens (tertiary/aromatic N) is 3. The molecule has 0 aliphatic carbocycles. The average molecular weight is 366 g/mol. The Bertz CT molecular complexity index is 807. The summed E-state index contributed by atoms with van der Waals surface area (Å²) in [5, 5.41) is 7.23. The van der Waals surface area contributed by atoms with Gasteiger partial charge in [-0.1, -0.05) is 18.2 Å². The molecule has 0 bridgehead atoms. The summed E-state index contributed by atoms with van der Waals surface area (Å²) in [5.41, 5.74) is 0.521. The molecular formula is C18H21F3N4O. The molecule has 8 heteroatoms. The second-order valence-corrected chi connectivity index (χ2v) is 6.48. The molecule has 5 nitrogen and oxygen atoms in total. The fourth-order valence-corrected chi connectivity index (χ4v) is 3.19. The van der Waals surface area contributed by atoms with Crippen LogP contribution < -0.4 is 10.2 Å². The van der Waals surface area contributed by atoms with Crippen LogP contribution >= 0.6 is 0 Å². The van der Waals surface area contributed by atoms with Gasteiger partial charge in [-0.15, -0.1) is 0 Å². The highest BCUT2D eigenvalue weighted by atomic mass is 19.4. The van der Waals surface area contributed by atoms with E-state index in [-0.39, 0.29) is 12.0 Å². The van der Waals surface area contributed by atoms with Gasteiger partial charge >= 0.3 is 6.18 Å². The summed E-state index contributed by atoms with van der Waals surface area (Å²) >= 11 is 0. The Labute approximate surface area is 149 Å². The molecule has 0 spiro atoms. The number of amides is 1. The molecule has 1 saturated heterocycles. The van der Waals surface area contributed by atoms with E-state index in [1.54, 1.807) is 11.7 Å². The van der Waals surface area contributed by atoms with E-state index in [1.165, 1.54) is 18.2 Å². The molecule has 1 aliphatic rings. The van der Waals surface area contributed by atoms with Gasteiger partial charge in [-0.25, -0.2) is 0 Å². The molecule has 1 amide bonds. The van der Waals surface area contributed by atoms with Crippen LogP contribution in [0.3, 0.4) is 0 Å². The number of benzene rings is 1. The lowest BCUT2D eigenvalue weighted by molar-refractivity contribution is -0.138. The standard InChI is InChI=1S/C18H21F3N4O/c1-12-16(17(23-24(12)2)25-9-5-6-10-25)22-15(26)11-13-7-3-4-8-14(13)18(19,20)21/h3-4,7-8H,5-6,9-11H2,1-2H3,(H,22,26). The molecule has 0 unspecified atom stereocenters. The van der Waals surface area contributed by atoms with Gasteiger partial charge in [0.15, 0.2) is 5.82 Å². The first-order chi connectivity index (χ1) is 12.3. The van der Waals surface area contributed by atoms with E-state index in [0.29, 0.717) is 11.5 Å². The van der Waals surface area contributed by atoms with Crippen LogP contribution in [0.15, 0.2) is 24.3 Å². The van der Waals surface area contributed by atoms with E-state index in [2.05, 4.69) is 15.3 Å². The van der Waals surface area contributed by atoms with Crippen molar-refractivity contribution in [3.63, 3.8) is 0 Å². The van der Waals surface area contributed by atoms with Crippen molar-refractivity contribution >= 4 is 17.4 Å². The SMILES string of the molecule is Cc1c(NC(=O)Cc2ccccc2C(F)(F)F)c(N2CCCC2)nn1C. The normalized spacial score (nSPS) is 14.7. The number of anilines is 2. The Morgan fingerprint density at radius 3 is 2.54 bits per heavy atom. The van der Waals surface area contributed by atoms with Crippen molar-refractivity contribution in [1.82, 2.24) is 9.78 Å².